The fourth-order valence-corrected chi connectivity index (χ4v) is 7.21. The van der Waals surface area contributed by atoms with Crippen LogP contribution in [0.5, 0.6) is 0 Å². The van der Waals surface area contributed by atoms with Crippen molar-refractivity contribution in [2.75, 3.05) is 0 Å². The van der Waals surface area contributed by atoms with Gasteiger partial charge in [-0.3, -0.25) is 0 Å². The predicted octanol–water partition coefficient (Wildman–Crippen LogP) is 6.25. The molecule has 0 spiro atoms. The van der Waals surface area contributed by atoms with Crippen molar-refractivity contribution >= 4 is 30.3 Å². The third kappa shape index (κ3) is 4.87. The highest BCUT2D eigenvalue weighted by Gasteiger charge is 2.23. The first kappa shape index (κ1) is 18.5. The molecule has 0 fully saturated rings. The molecular weight excluding hydrogens is 339 g/mol. The predicted molar refractivity (Wildman–Crippen MR) is 117 cm³/mol. The van der Waals surface area contributed by atoms with Gasteiger partial charge in [-0.1, -0.05) is 93.6 Å². The molecule has 3 rings (SSSR count). The maximum Gasteiger partial charge on any atom is 0.00618 e. The Balaban J connectivity index is 1.96. The summed E-state index contributed by atoms with van der Waals surface area (Å²) in [6.07, 6.45) is 7.02. The van der Waals surface area contributed by atoms with E-state index in [0.717, 1.165) is 6.42 Å². The Bertz CT molecular complexity index is 692. The van der Waals surface area contributed by atoms with E-state index in [1.165, 1.54) is 17.0 Å². The van der Waals surface area contributed by atoms with E-state index in [0.29, 0.717) is 10.5 Å². The Morgan fingerprint density at radius 2 is 1.44 bits per heavy atom. The first-order chi connectivity index (χ1) is 12.1. The molecule has 0 saturated carbocycles. The van der Waals surface area contributed by atoms with E-state index in [1.54, 1.807) is 10.9 Å². The van der Waals surface area contributed by atoms with Crippen LogP contribution in [0.15, 0.2) is 83.7 Å². The van der Waals surface area contributed by atoms with Gasteiger partial charge in [-0.2, -0.15) is 11.8 Å². The van der Waals surface area contributed by atoms with E-state index in [1.807, 2.05) is 0 Å². The van der Waals surface area contributed by atoms with Crippen LogP contribution in [0.25, 0.3) is 0 Å². The van der Waals surface area contributed by atoms with Crippen LogP contribution in [0.4, 0.5) is 0 Å². The Kier molecular flexibility index (Phi) is 6.57. The summed E-state index contributed by atoms with van der Waals surface area (Å²) in [6, 6.07) is 22.1. The normalized spacial score (nSPS) is 15.4. The highest BCUT2D eigenvalue weighted by molar-refractivity contribution is 8.00. The van der Waals surface area contributed by atoms with Crippen LogP contribution in [0.3, 0.4) is 0 Å². The van der Waals surface area contributed by atoms with Gasteiger partial charge in [0.15, 0.2) is 0 Å². The first-order valence-electron chi connectivity index (χ1n) is 9.09. The van der Waals surface area contributed by atoms with Crippen LogP contribution in [0.2, 0.25) is 0 Å². The van der Waals surface area contributed by atoms with Gasteiger partial charge >= 0.3 is 0 Å². The van der Waals surface area contributed by atoms with E-state index in [2.05, 4.69) is 105 Å². The summed E-state index contributed by atoms with van der Waals surface area (Å²) >= 11 is 2.09. The molecule has 0 aromatic heterocycles. The molecule has 0 N–H and O–H groups in total. The second-order valence-electron chi connectivity index (χ2n) is 6.78. The Morgan fingerprint density at radius 3 is 1.96 bits per heavy atom. The minimum absolute atomic E-state index is 0.434. The summed E-state index contributed by atoms with van der Waals surface area (Å²) in [6.45, 7) is 6.96. The molecule has 0 bridgehead atoms. The largest absolute Gasteiger partial charge is 0.156 e. The van der Waals surface area contributed by atoms with Crippen LogP contribution >= 0.6 is 19.7 Å². The van der Waals surface area contributed by atoms with Crippen LogP contribution in [-0.4, -0.2) is 10.5 Å². The molecule has 0 nitrogen and oxygen atoms in total. The van der Waals surface area contributed by atoms with Crippen molar-refractivity contribution in [3.8, 4) is 0 Å². The van der Waals surface area contributed by atoms with E-state index in [9.17, 15) is 0 Å². The lowest BCUT2D eigenvalue weighted by Gasteiger charge is -2.23. The third-order valence-corrected chi connectivity index (χ3v) is 8.13. The van der Waals surface area contributed by atoms with E-state index < -0.39 is 7.92 Å². The zero-order chi connectivity index (χ0) is 17.6. The van der Waals surface area contributed by atoms with Crippen molar-refractivity contribution in [1.29, 1.82) is 0 Å². The first-order valence-corrected chi connectivity index (χ1v) is 11.4. The summed E-state index contributed by atoms with van der Waals surface area (Å²) in [4.78, 5) is 0. The molecule has 1 atom stereocenters. The molecule has 0 saturated heterocycles. The van der Waals surface area contributed by atoms with E-state index >= 15 is 0 Å². The molecular formula is C23H27PS. The van der Waals surface area contributed by atoms with Crippen molar-refractivity contribution in [2.45, 2.75) is 44.1 Å². The second-order valence-corrected chi connectivity index (χ2v) is 11.0. The molecule has 0 amide bonds. The lowest BCUT2D eigenvalue weighted by Crippen LogP contribution is -2.13. The highest BCUT2D eigenvalue weighted by Crippen LogP contribution is 2.49. The van der Waals surface area contributed by atoms with Crippen molar-refractivity contribution in [1.82, 2.24) is 0 Å². The molecule has 1 aliphatic carbocycles. The SMILES string of the molecule is CC(C)SC(C)CC1=C(P(c2ccccc2)c2ccccc2)CC=C1. The maximum absolute atomic E-state index is 2.38. The standard InChI is InChI=1S/C23H27PS/c1-18(2)25-19(3)17-20-11-10-16-23(20)24(21-12-6-4-7-13-21)22-14-8-5-9-15-22/h4-15,18-19H,16-17H2,1-3H3. The summed E-state index contributed by atoms with van der Waals surface area (Å²) in [5.41, 5.74) is 1.57. The van der Waals surface area contributed by atoms with E-state index in [-0.39, 0.29) is 0 Å². The smallest absolute Gasteiger partial charge is 0.00618 e. The van der Waals surface area contributed by atoms with Crippen molar-refractivity contribution in [2.24, 2.45) is 0 Å². The van der Waals surface area contributed by atoms with Crippen molar-refractivity contribution < 1.29 is 0 Å². The van der Waals surface area contributed by atoms with Crippen LogP contribution in [0, 0.1) is 0 Å². The van der Waals surface area contributed by atoms with Gasteiger partial charge in [0.2, 0.25) is 0 Å². The molecule has 1 aliphatic rings. The van der Waals surface area contributed by atoms with E-state index in [4.69, 9.17) is 0 Å². The lowest BCUT2D eigenvalue weighted by molar-refractivity contribution is 0.932. The Hall–Kier alpha value is -1.30. The minimum atomic E-state index is -0.434. The molecule has 1 unspecified atom stereocenters. The van der Waals surface area contributed by atoms with Gasteiger partial charge in [-0.25, -0.2) is 0 Å². The van der Waals surface area contributed by atoms with Gasteiger partial charge in [-0.05, 0) is 47.5 Å². The topological polar surface area (TPSA) is 0 Å². The zero-order valence-electron chi connectivity index (χ0n) is 15.4. The molecule has 0 radical (unpaired) electrons. The molecule has 0 aliphatic heterocycles. The number of allylic oxidation sites excluding steroid dienone is 4. The lowest BCUT2D eigenvalue weighted by atomic mass is 10.1. The quantitative estimate of drug-likeness (QED) is 0.522. The van der Waals surface area contributed by atoms with Crippen LogP contribution < -0.4 is 10.6 Å². The second kappa shape index (κ2) is 8.88. The minimum Gasteiger partial charge on any atom is -0.156 e. The van der Waals surface area contributed by atoms with Gasteiger partial charge in [0.05, 0.1) is 0 Å². The van der Waals surface area contributed by atoms with Gasteiger partial charge in [0.1, 0.15) is 0 Å². The molecule has 2 heteroatoms. The molecule has 0 heterocycles. The Labute approximate surface area is 158 Å². The van der Waals surface area contributed by atoms with Crippen LogP contribution in [-0.2, 0) is 0 Å². The fourth-order valence-electron chi connectivity index (χ4n) is 3.40. The number of hydrogen-bond acceptors (Lipinski definition) is 1. The number of hydrogen-bond donors (Lipinski definition) is 0. The summed E-state index contributed by atoms with van der Waals surface area (Å²) in [7, 11) is -0.434. The number of rotatable bonds is 7. The molecule has 2 aromatic rings. The third-order valence-electron chi connectivity index (χ3n) is 4.31. The summed E-state index contributed by atoms with van der Waals surface area (Å²) in [5, 5.41) is 5.92. The van der Waals surface area contributed by atoms with Crippen LogP contribution in [0.1, 0.15) is 33.6 Å². The van der Waals surface area contributed by atoms with Gasteiger partial charge in [0, 0.05) is 5.25 Å². The average molecular weight is 367 g/mol. The average Bonchev–Trinajstić information content (AvgIpc) is 3.04. The summed E-state index contributed by atoms with van der Waals surface area (Å²) in [5.74, 6) is 0. The number of benzene rings is 2. The zero-order valence-corrected chi connectivity index (χ0v) is 17.1. The molecule has 2 aromatic carbocycles. The van der Waals surface area contributed by atoms with Gasteiger partial charge < -0.3 is 0 Å². The van der Waals surface area contributed by atoms with Crippen molar-refractivity contribution in [3.63, 3.8) is 0 Å². The number of thioether (sulfide) groups is 1. The van der Waals surface area contributed by atoms with Gasteiger partial charge in [-0.15, -0.1) is 0 Å². The molecule has 25 heavy (non-hydrogen) atoms. The molecule has 130 valence electrons. The monoisotopic (exact) mass is 366 g/mol. The summed E-state index contributed by atoms with van der Waals surface area (Å²) < 4.78 is 0. The fraction of sp³-hybridized carbons (Fsp3) is 0.304. The van der Waals surface area contributed by atoms with Crippen molar-refractivity contribution in [3.05, 3.63) is 83.7 Å². The van der Waals surface area contributed by atoms with Gasteiger partial charge in [0.25, 0.3) is 0 Å². The maximum atomic E-state index is 2.38. The highest BCUT2D eigenvalue weighted by atomic mass is 32.2. The Morgan fingerprint density at radius 1 is 0.880 bits per heavy atom.